The number of ether oxygens (including phenoxy) is 1. The van der Waals surface area contributed by atoms with Crippen molar-refractivity contribution >= 4 is 35.0 Å². The van der Waals surface area contributed by atoms with Crippen LogP contribution in [-0.4, -0.2) is 33.8 Å². The van der Waals surface area contributed by atoms with Crippen LogP contribution >= 0.6 is 11.6 Å². The van der Waals surface area contributed by atoms with Crippen molar-refractivity contribution in [3.05, 3.63) is 65.3 Å². The van der Waals surface area contributed by atoms with Crippen LogP contribution in [0.25, 0.3) is 0 Å². The first-order valence-corrected chi connectivity index (χ1v) is 11.2. The summed E-state index contributed by atoms with van der Waals surface area (Å²) < 4.78 is 44.7. The van der Waals surface area contributed by atoms with Crippen molar-refractivity contribution in [2.75, 3.05) is 22.6 Å². The highest BCUT2D eigenvalue weighted by Gasteiger charge is 2.33. The lowest BCUT2D eigenvalue weighted by atomic mass is 9.87. The highest BCUT2D eigenvalue weighted by Crippen LogP contribution is 2.36. The van der Waals surface area contributed by atoms with Crippen LogP contribution in [0, 0.1) is 5.41 Å². The molecule has 8 nitrogen and oxygen atoms in total. The van der Waals surface area contributed by atoms with Crippen LogP contribution in [-0.2, 0) is 6.18 Å². The molecule has 0 aliphatic carbocycles. The number of nitrogens with zero attached hydrogens (tertiary/aromatic N) is 2. The summed E-state index contributed by atoms with van der Waals surface area (Å²) in [4.78, 5) is 20.7. The average Bonchev–Trinajstić information content (AvgIpc) is 2.79. The van der Waals surface area contributed by atoms with Crippen molar-refractivity contribution in [3.63, 3.8) is 0 Å². The summed E-state index contributed by atoms with van der Waals surface area (Å²) >= 11 is 5.59. The largest absolute Gasteiger partial charge is 0.439 e. The van der Waals surface area contributed by atoms with E-state index in [2.05, 4.69) is 25.9 Å². The lowest BCUT2D eigenvalue weighted by molar-refractivity contribution is -0.137. The number of hydrogen-bond acceptors (Lipinski definition) is 6. The first-order chi connectivity index (χ1) is 16.8. The molecule has 3 rings (SSSR count). The van der Waals surface area contributed by atoms with Gasteiger partial charge in [-0.25, -0.2) is 9.78 Å². The standard InChI is InChI=1S/C24H25ClF3N5O3/c1-23(2,3)19(13-34)32-21-29-11-10-20(33-21)36-16-7-4-14(5-8-16)30-22(35)31-15-6-9-18(25)17(12-15)24(26,27)28/h4-12,19,34H,13H2,1-3H3,(H,29,32,33)(H2,30,31,35)/t19-/m0/s1. The number of aromatic nitrogens is 2. The third-order valence-corrected chi connectivity index (χ3v) is 5.36. The van der Waals surface area contributed by atoms with Gasteiger partial charge in [-0.1, -0.05) is 32.4 Å². The summed E-state index contributed by atoms with van der Waals surface area (Å²) in [5, 5.41) is 17.1. The van der Waals surface area contributed by atoms with E-state index in [1.807, 2.05) is 20.8 Å². The van der Waals surface area contributed by atoms with Gasteiger partial charge in [0.2, 0.25) is 11.8 Å². The molecule has 3 aromatic rings. The van der Waals surface area contributed by atoms with Crippen LogP contribution in [0.2, 0.25) is 5.02 Å². The molecule has 2 amide bonds. The summed E-state index contributed by atoms with van der Waals surface area (Å²) in [7, 11) is 0. The van der Waals surface area contributed by atoms with E-state index >= 15 is 0 Å². The molecule has 1 atom stereocenters. The summed E-state index contributed by atoms with van der Waals surface area (Å²) in [6.45, 7) is 5.84. The Morgan fingerprint density at radius 2 is 1.69 bits per heavy atom. The zero-order valence-electron chi connectivity index (χ0n) is 19.7. The molecule has 0 radical (unpaired) electrons. The van der Waals surface area contributed by atoms with Gasteiger partial charge in [-0.2, -0.15) is 18.2 Å². The summed E-state index contributed by atoms with van der Waals surface area (Å²) in [6.07, 6.45) is -3.13. The molecule has 0 saturated carbocycles. The number of nitrogens with one attached hydrogen (secondary N) is 3. The molecule has 0 unspecified atom stereocenters. The maximum atomic E-state index is 13.0. The van der Waals surface area contributed by atoms with Crippen molar-refractivity contribution in [2.24, 2.45) is 5.41 Å². The third-order valence-electron chi connectivity index (χ3n) is 5.03. The second kappa shape index (κ2) is 11.0. The second-order valence-electron chi connectivity index (χ2n) is 8.86. The van der Waals surface area contributed by atoms with E-state index in [4.69, 9.17) is 16.3 Å². The minimum Gasteiger partial charge on any atom is -0.439 e. The van der Waals surface area contributed by atoms with E-state index in [1.165, 1.54) is 12.3 Å². The number of benzene rings is 2. The first kappa shape index (κ1) is 27.0. The third kappa shape index (κ3) is 7.46. The van der Waals surface area contributed by atoms with Crippen LogP contribution in [0.5, 0.6) is 11.6 Å². The number of aliphatic hydroxyl groups excluding tert-OH is 1. The molecule has 0 fully saturated rings. The molecule has 0 aliphatic rings. The van der Waals surface area contributed by atoms with Gasteiger partial charge in [0.05, 0.1) is 23.2 Å². The minimum atomic E-state index is -4.64. The molecule has 0 spiro atoms. The van der Waals surface area contributed by atoms with Crippen molar-refractivity contribution in [1.29, 1.82) is 0 Å². The monoisotopic (exact) mass is 523 g/mol. The number of alkyl halides is 3. The maximum absolute atomic E-state index is 13.0. The zero-order valence-corrected chi connectivity index (χ0v) is 20.4. The van der Waals surface area contributed by atoms with Gasteiger partial charge in [-0.15, -0.1) is 0 Å². The van der Waals surface area contributed by atoms with Gasteiger partial charge in [0.1, 0.15) is 5.75 Å². The fourth-order valence-electron chi connectivity index (χ4n) is 3.00. The lowest BCUT2D eigenvalue weighted by Crippen LogP contribution is -2.37. The fraction of sp³-hybridized carbons (Fsp3) is 0.292. The van der Waals surface area contributed by atoms with Crippen LogP contribution < -0.4 is 20.7 Å². The van der Waals surface area contributed by atoms with E-state index in [1.54, 1.807) is 30.3 Å². The van der Waals surface area contributed by atoms with E-state index in [9.17, 15) is 23.1 Å². The van der Waals surface area contributed by atoms with E-state index < -0.39 is 22.8 Å². The molecule has 2 aromatic carbocycles. The van der Waals surface area contributed by atoms with Gasteiger partial charge < -0.3 is 25.8 Å². The first-order valence-electron chi connectivity index (χ1n) is 10.8. The van der Waals surface area contributed by atoms with E-state index in [-0.39, 0.29) is 29.6 Å². The van der Waals surface area contributed by atoms with E-state index in [0.717, 1.165) is 12.1 Å². The maximum Gasteiger partial charge on any atom is 0.417 e. The number of carbonyl (C=O) groups is 1. The van der Waals surface area contributed by atoms with Crippen molar-refractivity contribution in [1.82, 2.24) is 9.97 Å². The predicted molar refractivity (Wildman–Crippen MR) is 132 cm³/mol. The molecule has 0 bridgehead atoms. The average molecular weight is 524 g/mol. The Morgan fingerprint density at radius 1 is 1.06 bits per heavy atom. The second-order valence-corrected chi connectivity index (χ2v) is 9.27. The highest BCUT2D eigenvalue weighted by molar-refractivity contribution is 6.31. The molecule has 4 N–H and O–H groups in total. The van der Waals surface area contributed by atoms with Gasteiger partial charge in [-0.3, -0.25) is 0 Å². The molecule has 0 aliphatic heterocycles. The SMILES string of the molecule is CC(C)(C)[C@H](CO)Nc1nccc(Oc2ccc(NC(=O)Nc3ccc(Cl)c(C(F)(F)F)c3)cc2)n1. The number of carbonyl (C=O) groups excluding carboxylic acids is 1. The predicted octanol–water partition coefficient (Wildman–Crippen LogP) is 6.40. The smallest absolute Gasteiger partial charge is 0.417 e. The molecule has 1 aromatic heterocycles. The lowest BCUT2D eigenvalue weighted by Gasteiger charge is -2.29. The van der Waals surface area contributed by atoms with Crippen LogP contribution in [0.4, 0.5) is 35.3 Å². The summed E-state index contributed by atoms with van der Waals surface area (Å²) in [6, 6.07) is 9.93. The minimum absolute atomic E-state index is 0.0627. The fourth-order valence-corrected chi connectivity index (χ4v) is 3.23. The molecule has 0 saturated heterocycles. The molecule has 1 heterocycles. The Labute approximate surface area is 210 Å². The summed E-state index contributed by atoms with van der Waals surface area (Å²) in [5.41, 5.74) is -0.951. The van der Waals surface area contributed by atoms with E-state index in [0.29, 0.717) is 17.4 Å². The molecular weight excluding hydrogens is 499 g/mol. The van der Waals surface area contributed by atoms with Gasteiger partial charge in [0.25, 0.3) is 0 Å². The number of rotatable bonds is 7. The number of urea groups is 1. The molecule has 192 valence electrons. The number of aliphatic hydroxyl groups is 1. The quantitative estimate of drug-likeness (QED) is 0.285. The van der Waals surface area contributed by atoms with Gasteiger partial charge >= 0.3 is 12.2 Å². The number of anilines is 3. The highest BCUT2D eigenvalue weighted by atomic mass is 35.5. The normalized spacial score (nSPS) is 12.6. The molecule has 12 heteroatoms. The Hall–Kier alpha value is -3.57. The Kier molecular flexibility index (Phi) is 8.26. The Morgan fingerprint density at radius 3 is 2.31 bits per heavy atom. The van der Waals surface area contributed by atoms with Crippen LogP contribution in [0.1, 0.15) is 26.3 Å². The van der Waals surface area contributed by atoms with Gasteiger partial charge in [0, 0.05) is 23.6 Å². The molecule has 36 heavy (non-hydrogen) atoms. The van der Waals surface area contributed by atoms with Crippen LogP contribution in [0.15, 0.2) is 54.7 Å². The van der Waals surface area contributed by atoms with Crippen molar-refractivity contribution < 1.29 is 27.8 Å². The number of hydrogen-bond donors (Lipinski definition) is 4. The van der Waals surface area contributed by atoms with Crippen molar-refractivity contribution in [3.8, 4) is 11.6 Å². The van der Waals surface area contributed by atoms with Crippen LogP contribution in [0.3, 0.4) is 0 Å². The van der Waals surface area contributed by atoms with Gasteiger partial charge in [0.15, 0.2) is 0 Å². The number of amides is 2. The Balaban J connectivity index is 1.61. The topological polar surface area (TPSA) is 108 Å². The zero-order chi connectivity index (χ0) is 26.5. The number of halogens is 4. The van der Waals surface area contributed by atoms with Gasteiger partial charge in [-0.05, 0) is 47.9 Å². The summed E-state index contributed by atoms with van der Waals surface area (Å²) in [5.74, 6) is 0.986. The molecular formula is C24H25ClF3N5O3. The Bertz CT molecular complexity index is 1200. The van der Waals surface area contributed by atoms with Crippen molar-refractivity contribution in [2.45, 2.75) is 33.0 Å².